The Kier molecular flexibility index (Phi) is 4.17. The average molecular weight is 324 g/mol. The van der Waals surface area contributed by atoms with Crippen molar-refractivity contribution >= 4 is 28.0 Å². The van der Waals surface area contributed by atoms with Crippen LogP contribution in [0.1, 0.15) is 25.5 Å². The van der Waals surface area contributed by atoms with Gasteiger partial charge in [0.1, 0.15) is 5.76 Å². The van der Waals surface area contributed by atoms with Crippen molar-refractivity contribution in [2.75, 3.05) is 0 Å². The molecule has 1 N–H and O–H groups in total. The highest BCUT2D eigenvalue weighted by Gasteiger charge is 2.31. The van der Waals surface area contributed by atoms with Crippen LogP contribution in [0.15, 0.2) is 40.1 Å². The van der Waals surface area contributed by atoms with E-state index in [2.05, 4.69) is 21.2 Å². The molecular formula is C14H14BrNO3. The molecule has 0 amide bonds. The Bertz CT molecular complexity index is 536. The molecule has 0 bridgehead atoms. The Morgan fingerprint density at radius 1 is 1.37 bits per heavy atom. The number of allylic oxidation sites excluding steroid dienone is 1. The summed E-state index contributed by atoms with van der Waals surface area (Å²) in [4.78, 5) is 22.7. The van der Waals surface area contributed by atoms with Gasteiger partial charge in [0.05, 0.1) is 11.6 Å². The van der Waals surface area contributed by atoms with Gasteiger partial charge in [-0.15, -0.1) is 0 Å². The molecule has 5 heteroatoms. The number of benzene rings is 1. The van der Waals surface area contributed by atoms with Gasteiger partial charge in [-0.05, 0) is 31.5 Å². The van der Waals surface area contributed by atoms with E-state index in [0.717, 1.165) is 10.0 Å². The lowest BCUT2D eigenvalue weighted by molar-refractivity contribution is -0.121. The summed E-state index contributed by atoms with van der Waals surface area (Å²) in [6, 6.07) is 7.29. The van der Waals surface area contributed by atoms with E-state index in [-0.39, 0.29) is 11.8 Å². The molecule has 0 radical (unpaired) electrons. The molecule has 2 rings (SSSR count). The highest BCUT2D eigenvalue weighted by molar-refractivity contribution is 9.10. The van der Waals surface area contributed by atoms with E-state index >= 15 is 0 Å². The van der Waals surface area contributed by atoms with Crippen molar-refractivity contribution in [1.82, 2.24) is 5.32 Å². The molecule has 0 aliphatic carbocycles. The van der Waals surface area contributed by atoms with Gasteiger partial charge in [0, 0.05) is 4.47 Å². The molecular weight excluding hydrogens is 310 g/mol. The number of Topliss-reactive ketones (excluding diaryl/α,β-unsaturated/α-hetero) is 1. The number of nitrogens with one attached hydrogen (secondary N) is 1. The van der Waals surface area contributed by atoms with Gasteiger partial charge in [-0.2, -0.15) is 0 Å². The largest absolute Gasteiger partial charge is 0.472 e. The molecule has 0 saturated carbocycles. The van der Waals surface area contributed by atoms with E-state index in [1.54, 1.807) is 6.92 Å². The summed E-state index contributed by atoms with van der Waals surface area (Å²) in [6.07, 6.45) is -0.0385. The molecule has 1 aromatic carbocycles. The lowest BCUT2D eigenvalue weighted by Crippen LogP contribution is -2.42. The Morgan fingerprint density at radius 2 is 2.00 bits per heavy atom. The Hall–Kier alpha value is -1.46. The number of ether oxygens (including phenoxy) is 1. The zero-order valence-corrected chi connectivity index (χ0v) is 12.2. The van der Waals surface area contributed by atoms with Crippen molar-refractivity contribution in [2.45, 2.75) is 26.1 Å². The number of hydrogen-bond donors (Lipinski definition) is 1. The fourth-order valence-electron chi connectivity index (χ4n) is 2.18. The third kappa shape index (κ3) is 2.93. The van der Waals surface area contributed by atoms with Crippen molar-refractivity contribution in [3.05, 3.63) is 45.6 Å². The smallest absolute Gasteiger partial charge is 0.206 e. The normalized spacial score (nSPS) is 22.9. The maximum absolute atomic E-state index is 11.8. The zero-order valence-electron chi connectivity index (χ0n) is 10.6. The molecule has 4 nitrogen and oxygen atoms in total. The van der Waals surface area contributed by atoms with Gasteiger partial charge >= 0.3 is 0 Å². The van der Waals surface area contributed by atoms with E-state index in [1.807, 2.05) is 24.3 Å². The summed E-state index contributed by atoms with van der Waals surface area (Å²) in [5.41, 5.74) is 1.48. The van der Waals surface area contributed by atoms with E-state index in [4.69, 9.17) is 4.74 Å². The molecule has 1 heterocycles. The second kappa shape index (κ2) is 5.67. The summed E-state index contributed by atoms with van der Waals surface area (Å²) in [7, 11) is 0. The Labute approximate surface area is 120 Å². The number of aldehydes is 1. The minimum absolute atomic E-state index is 0.0673. The van der Waals surface area contributed by atoms with Crippen LogP contribution in [0.5, 0.6) is 0 Å². The SMILES string of the molecule is CC(=O)C1=C(C)OC(C=O)NC1c1ccc(Br)cc1. The molecule has 0 spiro atoms. The van der Waals surface area contributed by atoms with Crippen molar-refractivity contribution in [2.24, 2.45) is 0 Å². The van der Waals surface area contributed by atoms with Crippen LogP contribution >= 0.6 is 15.9 Å². The monoisotopic (exact) mass is 323 g/mol. The summed E-state index contributed by atoms with van der Waals surface area (Å²) >= 11 is 3.37. The van der Waals surface area contributed by atoms with Crippen LogP contribution in [0.2, 0.25) is 0 Å². The van der Waals surface area contributed by atoms with Crippen molar-refractivity contribution in [3.8, 4) is 0 Å². The van der Waals surface area contributed by atoms with Crippen LogP contribution < -0.4 is 5.32 Å². The predicted octanol–water partition coefficient (Wildman–Crippen LogP) is 2.50. The molecule has 1 aliphatic heterocycles. The fourth-order valence-corrected chi connectivity index (χ4v) is 2.44. The third-order valence-electron chi connectivity index (χ3n) is 3.01. The molecule has 0 fully saturated rings. The number of carbonyl (C=O) groups is 2. The molecule has 0 saturated heterocycles. The van der Waals surface area contributed by atoms with Crippen LogP contribution in [0, 0.1) is 0 Å². The predicted molar refractivity (Wildman–Crippen MR) is 74.3 cm³/mol. The topological polar surface area (TPSA) is 55.4 Å². The van der Waals surface area contributed by atoms with Gasteiger partial charge in [-0.25, -0.2) is 0 Å². The minimum Gasteiger partial charge on any atom is -0.472 e. The summed E-state index contributed by atoms with van der Waals surface area (Å²) in [5.74, 6) is 0.429. The Morgan fingerprint density at radius 3 is 2.53 bits per heavy atom. The first-order valence-electron chi connectivity index (χ1n) is 5.88. The quantitative estimate of drug-likeness (QED) is 0.868. The number of halogens is 1. The van der Waals surface area contributed by atoms with E-state index in [1.165, 1.54) is 6.92 Å². The van der Waals surface area contributed by atoms with Gasteiger partial charge in [-0.3, -0.25) is 14.9 Å². The standard InChI is InChI=1S/C14H14BrNO3/c1-8(18)13-9(2)19-12(7-17)16-14(13)10-3-5-11(15)6-4-10/h3-7,12,14,16H,1-2H3. The van der Waals surface area contributed by atoms with Gasteiger partial charge in [0.2, 0.25) is 6.23 Å². The number of hydrogen-bond acceptors (Lipinski definition) is 4. The van der Waals surface area contributed by atoms with Crippen molar-refractivity contribution < 1.29 is 14.3 Å². The van der Waals surface area contributed by atoms with Crippen molar-refractivity contribution in [1.29, 1.82) is 0 Å². The highest BCUT2D eigenvalue weighted by atomic mass is 79.9. The second-order valence-electron chi connectivity index (χ2n) is 4.35. The number of carbonyl (C=O) groups excluding carboxylic acids is 2. The van der Waals surface area contributed by atoms with E-state index in [9.17, 15) is 9.59 Å². The molecule has 0 aromatic heterocycles. The summed E-state index contributed by atoms with van der Waals surface area (Å²) < 4.78 is 6.31. The number of rotatable bonds is 3. The fraction of sp³-hybridized carbons (Fsp3) is 0.286. The molecule has 19 heavy (non-hydrogen) atoms. The molecule has 2 atom stereocenters. The van der Waals surface area contributed by atoms with Gasteiger partial charge < -0.3 is 4.74 Å². The van der Waals surface area contributed by atoms with Crippen LogP contribution in [0.4, 0.5) is 0 Å². The maximum Gasteiger partial charge on any atom is 0.206 e. The van der Waals surface area contributed by atoms with Gasteiger partial charge in [-0.1, -0.05) is 28.1 Å². The third-order valence-corrected chi connectivity index (χ3v) is 3.54. The first-order valence-corrected chi connectivity index (χ1v) is 6.67. The second-order valence-corrected chi connectivity index (χ2v) is 5.27. The highest BCUT2D eigenvalue weighted by Crippen LogP contribution is 2.30. The van der Waals surface area contributed by atoms with Crippen LogP contribution in [0.3, 0.4) is 0 Å². The molecule has 1 aliphatic rings. The first-order chi connectivity index (χ1) is 9.02. The van der Waals surface area contributed by atoms with Crippen molar-refractivity contribution in [3.63, 3.8) is 0 Å². The molecule has 2 unspecified atom stereocenters. The minimum atomic E-state index is -0.725. The Balaban J connectivity index is 2.45. The van der Waals surface area contributed by atoms with E-state index < -0.39 is 6.23 Å². The molecule has 100 valence electrons. The first kappa shape index (κ1) is 14.0. The van der Waals surface area contributed by atoms with Crippen LogP contribution in [0.25, 0.3) is 0 Å². The zero-order chi connectivity index (χ0) is 14.0. The number of ketones is 1. The summed E-state index contributed by atoms with van der Waals surface area (Å²) in [6.45, 7) is 3.21. The van der Waals surface area contributed by atoms with E-state index in [0.29, 0.717) is 17.6 Å². The van der Waals surface area contributed by atoms with Crippen LogP contribution in [-0.2, 0) is 14.3 Å². The lowest BCUT2D eigenvalue weighted by atomic mass is 9.94. The van der Waals surface area contributed by atoms with Gasteiger partial charge in [0.25, 0.3) is 0 Å². The summed E-state index contributed by atoms with van der Waals surface area (Å²) in [5, 5.41) is 3.02. The molecule has 1 aromatic rings. The van der Waals surface area contributed by atoms with Crippen LogP contribution in [-0.4, -0.2) is 18.3 Å². The maximum atomic E-state index is 11.8. The lowest BCUT2D eigenvalue weighted by Gasteiger charge is -2.31. The average Bonchev–Trinajstić information content (AvgIpc) is 2.38. The van der Waals surface area contributed by atoms with Gasteiger partial charge in [0.15, 0.2) is 12.1 Å².